The van der Waals surface area contributed by atoms with E-state index in [1.807, 2.05) is 0 Å². The van der Waals surface area contributed by atoms with E-state index in [1.54, 1.807) is 0 Å². The van der Waals surface area contributed by atoms with Crippen LogP contribution in [-0.2, 0) is 38.4 Å². The molecular weight excluding hydrogens is 362 g/mol. The van der Waals surface area contributed by atoms with Crippen molar-refractivity contribution in [2.45, 2.75) is 66.8 Å². The van der Waals surface area contributed by atoms with Gasteiger partial charge in [0.15, 0.2) is 0 Å². The van der Waals surface area contributed by atoms with Crippen LogP contribution in [-0.4, -0.2) is 35.6 Å². The minimum atomic E-state index is 0. The first-order valence-electron chi connectivity index (χ1n) is 1.80. The van der Waals surface area contributed by atoms with Crippen LogP contribution in [0.3, 0.4) is 0 Å². The van der Waals surface area contributed by atoms with E-state index in [0.717, 1.165) is 0 Å². The second-order valence-electron chi connectivity index (χ2n) is 0.333. The van der Waals surface area contributed by atoms with Crippen LogP contribution < -0.4 is 6.15 Å². The van der Waals surface area contributed by atoms with Crippen molar-refractivity contribution in [3.8, 4) is 0 Å². The van der Waals surface area contributed by atoms with Gasteiger partial charge in [-0.25, -0.2) is 0 Å². The van der Waals surface area contributed by atoms with Crippen molar-refractivity contribution in [2.24, 2.45) is 0 Å². The molecule has 172 valence electrons. The molecule has 0 radical (unpaired) electrons. The molecule has 0 saturated carbocycles. The van der Waals surface area contributed by atoms with Crippen molar-refractivity contribution in [1.29, 1.82) is 0 Å². The largest absolute Gasteiger partial charge is 1.00 e. The molecule has 0 aromatic heterocycles. The van der Waals surface area contributed by atoms with Gasteiger partial charge in [-0.2, -0.15) is 38.4 Å². The van der Waals surface area contributed by atoms with Crippen LogP contribution in [0.2, 0.25) is 0 Å². The Balaban J connectivity index is -0.00000000122. The molecule has 13 heteroatoms. The smallest absolute Gasteiger partial charge is 0.412 e. The van der Waals surface area contributed by atoms with Crippen LogP contribution in [0, 0.1) is 9.93 Å². The van der Waals surface area contributed by atoms with E-state index >= 15 is 0 Å². The van der Waals surface area contributed by atoms with Crippen LogP contribution in [0.15, 0.2) is 0 Å². The Morgan fingerprint density at radius 1 is 0.346 bits per heavy atom. The second kappa shape index (κ2) is 9700. The summed E-state index contributed by atoms with van der Waals surface area (Å²) in [4.78, 5) is 79.0. The van der Waals surface area contributed by atoms with Gasteiger partial charge < -0.3 is 17.1 Å². The van der Waals surface area contributed by atoms with E-state index in [2.05, 4.69) is 0 Å². The van der Waals surface area contributed by atoms with Gasteiger partial charge in [0.2, 0.25) is 0 Å². The normalized spacial score (nSPS) is 1.38. The summed E-state index contributed by atoms with van der Waals surface area (Å²) in [5.74, 6) is 0. The average Bonchev–Trinajstić information content (AvgIpc) is 2.12. The van der Waals surface area contributed by atoms with Crippen LogP contribution in [0.25, 0.3) is 0 Å². The summed E-state index contributed by atoms with van der Waals surface area (Å²) < 4.78 is 0. The monoisotopic (exact) mass is 413 g/mol. The highest BCUT2D eigenvalue weighted by Crippen LogP contribution is 0.797. The summed E-state index contributed by atoms with van der Waals surface area (Å²) in [5.41, 5.74) is 0. The lowest BCUT2D eigenvalue weighted by molar-refractivity contribution is -0.193. The van der Waals surface area contributed by atoms with Crippen molar-refractivity contribution in [1.82, 2.24) is 6.15 Å². The van der Waals surface area contributed by atoms with Gasteiger partial charge in [-0.3, -0.25) is 0 Å². The summed E-state index contributed by atoms with van der Waals surface area (Å²) in [5, 5.41) is 0. The molecule has 0 aromatic rings. The van der Waals surface area contributed by atoms with Gasteiger partial charge in [0, 0.05) is 9.93 Å². The minimum Gasteiger partial charge on any atom is -0.412 e. The lowest BCUT2D eigenvalue weighted by atomic mass is 11.8. The number of hydrogen-bond acceptors (Lipinski definition) is 10. The molecule has 0 saturated heterocycles. The second-order valence-corrected chi connectivity index (χ2v) is 0.333. The minimum absolute atomic E-state index is 0. The van der Waals surface area contributed by atoms with Crippen molar-refractivity contribution in [3.05, 3.63) is 9.93 Å². The molecule has 0 aliphatic heterocycles. The molecule has 0 rings (SSSR count). The maximum absolute atomic E-state index is 8.12. The van der Waals surface area contributed by atoms with Gasteiger partial charge >= 0.3 is 34.6 Å². The first kappa shape index (κ1) is 309. The molecule has 0 bridgehead atoms. The van der Waals surface area contributed by atoms with Gasteiger partial charge in [-0.1, -0.05) is 66.8 Å². The maximum Gasteiger partial charge on any atom is 1.00 e. The highest BCUT2D eigenvalue weighted by molar-refractivity contribution is 5.20. The summed E-state index contributed by atoms with van der Waals surface area (Å²) >= 11 is 0. The van der Waals surface area contributed by atoms with Crippen LogP contribution in [0.1, 0.15) is 76.8 Å². The predicted molar refractivity (Wildman–Crippen MR) is 108 cm³/mol. The number of carbonyl (C=O) groups excluding carboxylic acids is 8. The molecule has 0 aliphatic carbocycles. The Morgan fingerprint density at radius 3 is 0.346 bits per heavy atom. The van der Waals surface area contributed by atoms with Gasteiger partial charge in [0.25, 0.3) is 0 Å². The van der Waals surface area contributed by atoms with E-state index in [1.165, 1.54) is 0 Å². The van der Waals surface area contributed by atoms with E-state index in [9.17, 15) is 0 Å². The van der Waals surface area contributed by atoms with Crippen LogP contribution >= 0.6 is 0 Å². The van der Waals surface area contributed by atoms with Gasteiger partial charge in [0.05, 0.1) is 0 Å². The quantitative estimate of drug-likeness (QED) is 0.605. The van der Waals surface area contributed by atoms with Gasteiger partial charge in [-0.15, -0.1) is 0 Å². The van der Waals surface area contributed by atoms with E-state index in [4.69, 9.17) is 48.3 Å². The predicted octanol–water partition coefficient (Wildman–Crippen LogP) is 2.97. The molecule has 0 aliphatic rings. The Morgan fingerprint density at radius 2 is 0.346 bits per heavy atom. The SMILES string of the molecule is C.C.C.C.C.C.C.C.C.O.O.O=C=O.O=C=O.O=C=O.O=C=O.O=O.[H+].[H+].[H+].[H+].[H+].[H+].[H+].[NH4+]. The molecular formula is C13H51NO12+8. The summed E-state index contributed by atoms with van der Waals surface area (Å²) in [7, 11) is 0. The van der Waals surface area contributed by atoms with Crippen LogP contribution in [0.5, 0.6) is 0 Å². The molecule has 26 heavy (non-hydrogen) atoms. The molecule has 0 atom stereocenters. The van der Waals surface area contributed by atoms with Crippen LogP contribution in [0.4, 0.5) is 0 Å². The Kier molecular flexibility index (Phi) is 115000. The Bertz CT molecular complexity index is 200. The van der Waals surface area contributed by atoms with Crippen molar-refractivity contribution < 1.29 is 59.3 Å². The Hall–Kier alpha value is -3.00. The number of hydrogen-bond donors (Lipinski definition) is 1. The molecule has 0 heterocycles. The van der Waals surface area contributed by atoms with Crippen molar-refractivity contribution in [2.75, 3.05) is 0 Å². The fourth-order valence-corrected chi connectivity index (χ4v) is 0. The summed E-state index contributed by atoms with van der Waals surface area (Å²) in [6, 6.07) is 0. The van der Waals surface area contributed by atoms with E-state index < -0.39 is 0 Å². The first-order valence-corrected chi connectivity index (χ1v) is 1.80. The molecule has 0 aromatic carbocycles. The van der Waals surface area contributed by atoms with Crippen molar-refractivity contribution >= 4 is 24.6 Å². The highest BCUT2D eigenvalue weighted by Gasteiger charge is 1.14. The van der Waals surface area contributed by atoms with Crippen molar-refractivity contribution in [3.63, 3.8) is 0 Å². The fourth-order valence-electron chi connectivity index (χ4n) is 0. The summed E-state index contributed by atoms with van der Waals surface area (Å²) in [6.07, 6.45) is 1.00. The topological polar surface area (TPSA) is 270 Å². The molecule has 0 unspecified atom stereocenters. The highest BCUT2D eigenvalue weighted by atomic mass is 16.7. The molecule has 13 nitrogen and oxygen atoms in total. The van der Waals surface area contributed by atoms with E-state index in [0.29, 0.717) is 0 Å². The first-order chi connectivity index (χ1) is 6.66. The average molecular weight is 414 g/mol. The standard InChI is InChI=1S/4CO2.9CH4.H3N.O2.2H2O/c4*2-1-3;;;;;;;;;;;1-2;;/h;;;;9*1H4;1H3;;2*1H2/p+8. The third-order valence-corrected chi connectivity index (χ3v) is 0. The van der Waals surface area contributed by atoms with E-state index in [-0.39, 0.29) is 119 Å². The van der Waals surface area contributed by atoms with Gasteiger partial charge in [-0.05, 0) is 0 Å². The lowest BCUT2D eigenvalue weighted by Crippen LogP contribution is -1.22. The lowest BCUT2D eigenvalue weighted by Gasteiger charge is -0.945. The zero-order chi connectivity index (χ0) is 12.8. The summed E-state index contributed by atoms with van der Waals surface area (Å²) in [6.45, 7) is 0. The maximum atomic E-state index is 8.12. The third kappa shape index (κ3) is 933. The molecule has 0 fully saturated rings. The molecule has 0 spiro atoms. The number of quaternary nitrogens is 1. The number of rotatable bonds is 0. The zero-order valence-corrected chi connectivity index (χ0v) is 8.08. The third-order valence-electron chi connectivity index (χ3n) is 0. The van der Waals surface area contributed by atoms with Gasteiger partial charge in [0.1, 0.15) is 0 Å². The Labute approximate surface area is 168 Å². The fraction of sp³-hybridized carbons (Fsp3) is 0.692. The molecule has 0 amide bonds. The zero-order valence-electron chi connectivity index (χ0n) is 15.1. The molecule has 8 N–H and O–H groups in total.